The largest absolute Gasteiger partial charge is 0.291 e. The second-order valence-corrected chi connectivity index (χ2v) is 4.95. The molecule has 0 fully saturated rings. The van der Waals surface area contributed by atoms with Crippen molar-refractivity contribution in [2.24, 2.45) is 0 Å². The molecule has 0 radical (unpaired) electrons. The fourth-order valence-electron chi connectivity index (χ4n) is 1.38. The first-order valence-electron chi connectivity index (χ1n) is 5.62. The van der Waals surface area contributed by atoms with Gasteiger partial charge in [0.25, 0.3) is 5.91 Å². The number of H-pyrrole nitrogens is 1. The maximum Gasteiger partial charge on any atom is 0.258 e. The van der Waals surface area contributed by atoms with Gasteiger partial charge in [-0.05, 0) is 24.8 Å². The summed E-state index contributed by atoms with van der Waals surface area (Å²) in [7, 11) is 0. The quantitative estimate of drug-likeness (QED) is 0.830. The van der Waals surface area contributed by atoms with Crippen LogP contribution in [-0.2, 0) is 0 Å². The summed E-state index contributed by atoms with van der Waals surface area (Å²) in [6.07, 6.45) is 0. The zero-order chi connectivity index (χ0) is 13.0. The van der Waals surface area contributed by atoms with Gasteiger partial charge in [-0.25, -0.2) is 5.10 Å². The molecule has 0 aliphatic rings. The van der Waals surface area contributed by atoms with Gasteiger partial charge in [-0.15, -0.1) is 5.10 Å². The van der Waals surface area contributed by atoms with Gasteiger partial charge in [-0.2, -0.15) is 4.98 Å². The van der Waals surface area contributed by atoms with Crippen LogP contribution in [0.1, 0.15) is 22.8 Å². The first-order chi connectivity index (χ1) is 8.69. The third-order valence-corrected chi connectivity index (χ3v) is 3.01. The Morgan fingerprint density at radius 1 is 1.39 bits per heavy atom. The van der Waals surface area contributed by atoms with Crippen molar-refractivity contribution in [1.82, 2.24) is 15.2 Å². The molecule has 1 aromatic heterocycles. The van der Waals surface area contributed by atoms with Gasteiger partial charge in [0, 0.05) is 5.56 Å². The van der Waals surface area contributed by atoms with Gasteiger partial charge in [0.05, 0.1) is 0 Å². The molecule has 0 spiro atoms. The zero-order valence-corrected chi connectivity index (χ0v) is 11.0. The SMILES string of the molecule is CCSc1n[nH]c(NC(=O)c2ccc(C)cc2)n1. The van der Waals surface area contributed by atoms with Crippen molar-refractivity contribution < 1.29 is 4.79 Å². The molecule has 0 aliphatic carbocycles. The van der Waals surface area contributed by atoms with Crippen LogP contribution in [0.3, 0.4) is 0 Å². The fraction of sp³-hybridized carbons (Fsp3) is 0.250. The Morgan fingerprint density at radius 3 is 2.78 bits per heavy atom. The van der Waals surface area contributed by atoms with Crippen LogP contribution in [0.5, 0.6) is 0 Å². The molecular formula is C12H14N4OS. The average molecular weight is 262 g/mol. The van der Waals surface area contributed by atoms with Gasteiger partial charge in [-0.3, -0.25) is 10.1 Å². The molecule has 2 aromatic rings. The van der Waals surface area contributed by atoms with Crippen molar-refractivity contribution in [3.8, 4) is 0 Å². The number of carbonyl (C=O) groups excluding carboxylic acids is 1. The summed E-state index contributed by atoms with van der Waals surface area (Å²) in [5, 5.41) is 9.98. The Kier molecular flexibility index (Phi) is 3.99. The molecule has 0 saturated heterocycles. The van der Waals surface area contributed by atoms with Crippen molar-refractivity contribution in [1.29, 1.82) is 0 Å². The minimum atomic E-state index is -0.195. The first kappa shape index (κ1) is 12.6. The summed E-state index contributed by atoms with van der Waals surface area (Å²) in [5.41, 5.74) is 1.72. The van der Waals surface area contributed by atoms with E-state index in [4.69, 9.17) is 0 Å². The Labute approximate surface area is 109 Å². The molecular weight excluding hydrogens is 248 g/mol. The summed E-state index contributed by atoms with van der Waals surface area (Å²) in [6, 6.07) is 7.35. The van der Waals surface area contributed by atoms with Crippen LogP contribution in [0.2, 0.25) is 0 Å². The molecule has 0 unspecified atom stereocenters. The van der Waals surface area contributed by atoms with Gasteiger partial charge in [-0.1, -0.05) is 36.4 Å². The lowest BCUT2D eigenvalue weighted by Crippen LogP contribution is -2.12. The Morgan fingerprint density at radius 2 is 2.11 bits per heavy atom. The molecule has 2 N–H and O–H groups in total. The molecule has 1 amide bonds. The lowest BCUT2D eigenvalue weighted by Gasteiger charge is -2.01. The number of carbonyl (C=O) groups is 1. The van der Waals surface area contributed by atoms with Crippen LogP contribution < -0.4 is 5.32 Å². The van der Waals surface area contributed by atoms with Crippen molar-refractivity contribution in [2.45, 2.75) is 19.0 Å². The highest BCUT2D eigenvalue weighted by atomic mass is 32.2. The van der Waals surface area contributed by atoms with E-state index in [2.05, 4.69) is 20.5 Å². The van der Waals surface area contributed by atoms with Gasteiger partial charge in [0.15, 0.2) is 0 Å². The van der Waals surface area contributed by atoms with Gasteiger partial charge in [0.2, 0.25) is 11.1 Å². The van der Waals surface area contributed by atoms with E-state index < -0.39 is 0 Å². The maximum atomic E-state index is 11.9. The van der Waals surface area contributed by atoms with E-state index in [-0.39, 0.29) is 5.91 Å². The molecule has 0 bridgehead atoms. The number of benzene rings is 1. The third kappa shape index (κ3) is 3.10. The smallest absolute Gasteiger partial charge is 0.258 e. The van der Waals surface area contributed by atoms with E-state index in [9.17, 15) is 4.79 Å². The van der Waals surface area contributed by atoms with E-state index >= 15 is 0 Å². The number of aromatic amines is 1. The Balaban J connectivity index is 2.04. The van der Waals surface area contributed by atoms with Crippen LogP contribution in [-0.4, -0.2) is 26.8 Å². The average Bonchev–Trinajstić information content (AvgIpc) is 2.78. The van der Waals surface area contributed by atoms with Crippen LogP contribution >= 0.6 is 11.8 Å². The number of hydrogen-bond acceptors (Lipinski definition) is 4. The van der Waals surface area contributed by atoms with Crippen molar-refractivity contribution in [2.75, 3.05) is 11.1 Å². The highest BCUT2D eigenvalue weighted by Crippen LogP contribution is 2.13. The predicted molar refractivity (Wildman–Crippen MR) is 71.9 cm³/mol. The van der Waals surface area contributed by atoms with Gasteiger partial charge < -0.3 is 0 Å². The summed E-state index contributed by atoms with van der Waals surface area (Å²) in [6.45, 7) is 4.00. The highest BCUT2D eigenvalue weighted by Gasteiger charge is 2.09. The zero-order valence-electron chi connectivity index (χ0n) is 10.2. The molecule has 0 atom stereocenters. The molecule has 1 heterocycles. The second kappa shape index (κ2) is 5.68. The van der Waals surface area contributed by atoms with E-state index in [1.807, 2.05) is 26.0 Å². The summed E-state index contributed by atoms with van der Waals surface area (Å²) in [5.74, 6) is 1.07. The fourth-order valence-corrected chi connectivity index (χ4v) is 1.90. The standard InChI is InChI=1S/C12H14N4OS/c1-3-18-12-14-11(15-16-12)13-10(17)9-6-4-8(2)5-7-9/h4-7H,3H2,1-2H3,(H2,13,14,15,16,17). The van der Waals surface area contributed by atoms with Crippen molar-refractivity contribution in [3.63, 3.8) is 0 Å². The number of anilines is 1. The maximum absolute atomic E-state index is 11.9. The molecule has 6 heteroatoms. The third-order valence-electron chi connectivity index (χ3n) is 2.28. The Hall–Kier alpha value is -1.82. The number of aryl methyl sites for hydroxylation is 1. The number of amides is 1. The number of nitrogens with one attached hydrogen (secondary N) is 2. The van der Waals surface area contributed by atoms with Crippen molar-refractivity contribution >= 4 is 23.6 Å². The minimum absolute atomic E-state index is 0.195. The number of aromatic nitrogens is 3. The summed E-state index contributed by atoms with van der Waals surface area (Å²) < 4.78 is 0. The topological polar surface area (TPSA) is 70.7 Å². The second-order valence-electron chi connectivity index (χ2n) is 3.72. The van der Waals surface area contributed by atoms with Crippen LogP contribution in [0.25, 0.3) is 0 Å². The predicted octanol–water partition coefficient (Wildman–Crippen LogP) is 2.48. The van der Waals surface area contributed by atoms with E-state index in [1.165, 1.54) is 11.8 Å². The molecule has 1 aromatic carbocycles. The molecule has 5 nitrogen and oxygen atoms in total. The summed E-state index contributed by atoms with van der Waals surface area (Å²) in [4.78, 5) is 16.0. The highest BCUT2D eigenvalue weighted by molar-refractivity contribution is 7.99. The normalized spacial score (nSPS) is 10.3. The monoisotopic (exact) mass is 262 g/mol. The first-order valence-corrected chi connectivity index (χ1v) is 6.61. The lowest BCUT2D eigenvalue weighted by molar-refractivity contribution is 0.102. The van der Waals surface area contributed by atoms with Gasteiger partial charge >= 0.3 is 0 Å². The minimum Gasteiger partial charge on any atom is -0.291 e. The van der Waals surface area contributed by atoms with Crippen LogP contribution in [0.4, 0.5) is 5.95 Å². The summed E-state index contributed by atoms with van der Waals surface area (Å²) >= 11 is 1.52. The molecule has 18 heavy (non-hydrogen) atoms. The lowest BCUT2D eigenvalue weighted by atomic mass is 10.1. The van der Waals surface area contributed by atoms with E-state index in [0.717, 1.165) is 11.3 Å². The van der Waals surface area contributed by atoms with E-state index in [1.54, 1.807) is 12.1 Å². The van der Waals surface area contributed by atoms with Crippen LogP contribution in [0, 0.1) is 6.92 Å². The molecule has 94 valence electrons. The number of hydrogen-bond donors (Lipinski definition) is 2. The molecule has 0 saturated carbocycles. The number of thioether (sulfide) groups is 1. The molecule has 2 rings (SSSR count). The van der Waals surface area contributed by atoms with E-state index in [0.29, 0.717) is 16.7 Å². The number of rotatable bonds is 4. The Bertz CT molecular complexity index is 535. The number of nitrogens with zero attached hydrogens (tertiary/aromatic N) is 2. The van der Waals surface area contributed by atoms with Crippen LogP contribution in [0.15, 0.2) is 29.4 Å². The van der Waals surface area contributed by atoms with Crippen molar-refractivity contribution in [3.05, 3.63) is 35.4 Å². The van der Waals surface area contributed by atoms with Gasteiger partial charge in [0.1, 0.15) is 0 Å². The molecule has 0 aliphatic heterocycles.